The highest BCUT2D eigenvalue weighted by molar-refractivity contribution is 9.10. The summed E-state index contributed by atoms with van der Waals surface area (Å²) in [7, 11) is -2.15. The van der Waals surface area contributed by atoms with E-state index in [-0.39, 0.29) is 16.5 Å². The minimum Gasteiger partial charge on any atom is -0.372 e. The van der Waals surface area contributed by atoms with Crippen LogP contribution in [0.5, 0.6) is 0 Å². The van der Waals surface area contributed by atoms with Gasteiger partial charge in [-0.05, 0) is 40.5 Å². The van der Waals surface area contributed by atoms with Crippen LogP contribution in [0.15, 0.2) is 40.0 Å². The van der Waals surface area contributed by atoms with Crippen molar-refractivity contribution in [1.82, 2.24) is 9.97 Å². The van der Waals surface area contributed by atoms with Crippen LogP contribution in [0.3, 0.4) is 0 Å². The van der Waals surface area contributed by atoms with E-state index in [0.717, 1.165) is 5.56 Å². The average Bonchev–Trinajstić information content (AvgIpc) is 2.41. The van der Waals surface area contributed by atoms with Crippen LogP contribution in [0.1, 0.15) is 5.56 Å². The van der Waals surface area contributed by atoms with Gasteiger partial charge in [-0.3, -0.25) is 4.72 Å². The zero-order valence-corrected chi connectivity index (χ0v) is 13.3. The summed E-state index contributed by atoms with van der Waals surface area (Å²) in [6.07, 6.45) is 3.12. The Morgan fingerprint density at radius 2 is 1.95 bits per heavy atom. The number of anilines is 2. The summed E-state index contributed by atoms with van der Waals surface area (Å²) in [5, 5.41) is 2.75. The molecule has 6 nitrogen and oxygen atoms in total. The summed E-state index contributed by atoms with van der Waals surface area (Å²) < 4.78 is 27.7. The normalized spacial score (nSPS) is 11.2. The van der Waals surface area contributed by atoms with Crippen molar-refractivity contribution in [3.63, 3.8) is 0 Å². The molecule has 2 aromatic rings. The third-order valence-corrected chi connectivity index (χ3v) is 4.30. The van der Waals surface area contributed by atoms with Gasteiger partial charge >= 0.3 is 0 Å². The second-order valence-electron chi connectivity index (χ2n) is 4.08. The van der Waals surface area contributed by atoms with Gasteiger partial charge in [0.05, 0.1) is 0 Å². The number of aryl methyl sites for hydroxylation is 1. The van der Waals surface area contributed by atoms with Crippen LogP contribution in [0.4, 0.5) is 11.6 Å². The van der Waals surface area contributed by atoms with Crippen molar-refractivity contribution >= 4 is 37.6 Å². The molecule has 8 heteroatoms. The Kier molecular flexibility index (Phi) is 4.24. The van der Waals surface area contributed by atoms with Gasteiger partial charge in [0.2, 0.25) is 0 Å². The van der Waals surface area contributed by atoms with Crippen molar-refractivity contribution in [3.8, 4) is 0 Å². The second kappa shape index (κ2) is 5.76. The molecule has 0 saturated carbocycles. The molecule has 2 heterocycles. The first-order valence-corrected chi connectivity index (χ1v) is 7.99. The summed E-state index contributed by atoms with van der Waals surface area (Å²) in [6, 6.07) is 4.87. The predicted molar refractivity (Wildman–Crippen MR) is 81.3 cm³/mol. The molecule has 106 valence electrons. The van der Waals surface area contributed by atoms with Gasteiger partial charge in [0.15, 0.2) is 0 Å². The van der Waals surface area contributed by atoms with Crippen LogP contribution in [0, 0.1) is 6.92 Å². The minimum atomic E-state index is -3.76. The van der Waals surface area contributed by atoms with Crippen LogP contribution >= 0.6 is 15.9 Å². The highest BCUT2D eigenvalue weighted by Gasteiger charge is 2.20. The average molecular weight is 357 g/mol. The fourth-order valence-electron chi connectivity index (χ4n) is 1.53. The summed E-state index contributed by atoms with van der Waals surface area (Å²) in [6.45, 7) is 1.88. The lowest BCUT2D eigenvalue weighted by atomic mass is 10.3. The SMILES string of the molecule is CNc1ncc(Br)cc1S(=O)(=O)Nc1ccc(C)cn1. The van der Waals surface area contributed by atoms with Crippen LogP contribution in [0.2, 0.25) is 0 Å². The molecule has 0 radical (unpaired) electrons. The number of rotatable bonds is 4. The predicted octanol–water partition coefficient (Wildman–Crippen LogP) is 2.39. The van der Waals surface area contributed by atoms with E-state index >= 15 is 0 Å². The number of aromatic nitrogens is 2. The van der Waals surface area contributed by atoms with Crippen LogP contribution in [-0.2, 0) is 10.0 Å². The van der Waals surface area contributed by atoms with Crippen LogP contribution in [0.25, 0.3) is 0 Å². The molecule has 2 aromatic heterocycles. The van der Waals surface area contributed by atoms with Gasteiger partial charge in [-0.1, -0.05) is 6.07 Å². The third-order valence-electron chi connectivity index (χ3n) is 2.50. The van der Waals surface area contributed by atoms with Crippen molar-refractivity contribution in [2.45, 2.75) is 11.8 Å². The maximum Gasteiger partial charge on any atom is 0.266 e. The molecule has 0 aliphatic carbocycles. The fraction of sp³-hybridized carbons (Fsp3) is 0.167. The van der Waals surface area contributed by atoms with Crippen molar-refractivity contribution < 1.29 is 8.42 Å². The molecule has 0 bridgehead atoms. The first kappa shape index (κ1) is 14.7. The van der Waals surface area contributed by atoms with E-state index in [1.165, 1.54) is 12.3 Å². The molecule has 0 saturated heterocycles. The van der Waals surface area contributed by atoms with Crippen LogP contribution in [-0.4, -0.2) is 25.4 Å². The quantitative estimate of drug-likeness (QED) is 0.878. The number of sulfonamides is 1. The smallest absolute Gasteiger partial charge is 0.266 e. The monoisotopic (exact) mass is 356 g/mol. The van der Waals surface area contributed by atoms with E-state index in [0.29, 0.717) is 4.47 Å². The summed E-state index contributed by atoms with van der Waals surface area (Å²) in [4.78, 5) is 8.10. The van der Waals surface area contributed by atoms with E-state index in [1.54, 1.807) is 25.4 Å². The van der Waals surface area contributed by atoms with Gasteiger partial charge in [-0.15, -0.1) is 0 Å². The van der Waals surface area contributed by atoms with E-state index in [2.05, 4.69) is 35.9 Å². The molecule has 20 heavy (non-hydrogen) atoms. The Labute approximate surface area is 125 Å². The molecular formula is C12H13BrN4O2S. The molecule has 0 unspecified atom stereocenters. The molecule has 2 N–H and O–H groups in total. The fourth-order valence-corrected chi connectivity index (χ4v) is 3.21. The lowest BCUT2D eigenvalue weighted by Crippen LogP contribution is -2.16. The Morgan fingerprint density at radius 3 is 2.55 bits per heavy atom. The largest absolute Gasteiger partial charge is 0.372 e. The molecule has 0 amide bonds. The molecule has 2 rings (SSSR count). The molecule has 0 fully saturated rings. The van der Waals surface area contributed by atoms with Gasteiger partial charge in [0, 0.05) is 23.9 Å². The number of pyridine rings is 2. The van der Waals surface area contributed by atoms with Crippen molar-refractivity contribution in [2.24, 2.45) is 0 Å². The molecule has 0 atom stereocenters. The zero-order valence-electron chi connectivity index (χ0n) is 10.9. The maximum absolute atomic E-state index is 12.4. The lowest BCUT2D eigenvalue weighted by Gasteiger charge is -2.11. The van der Waals surface area contributed by atoms with E-state index in [9.17, 15) is 8.42 Å². The van der Waals surface area contributed by atoms with Gasteiger partial charge in [0.25, 0.3) is 10.0 Å². The molecule has 0 aliphatic rings. The third kappa shape index (κ3) is 3.26. The summed E-state index contributed by atoms with van der Waals surface area (Å²) in [5.74, 6) is 0.533. The van der Waals surface area contributed by atoms with Gasteiger partial charge in [-0.2, -0.15) is 0 Å². The van der Waals surface area contributed by atoms with E-state index < -0.39 is 10.0 Å². The Hall–Kier alpha value is -1.67. The van der Waals surface area contributed by atoms with Gasteiger partial charge < -0.3 is 5.32 Å². The lowest BCUT2D eigenvalue weighted by molar-refractivity contribution is 0.601. The topological polar surface area (TPSA) is 84.0 Å². The van der Waals surface area contributed by atoms with Crippen molar-refractivity contribution in [1.29, 1.82) is 0 Å². The molecule has 0 aliphatic heterocycles. The number of nitrogens with one attached hydrogen (secondary N) is 2. The minimum absolute atomic E-state index is 0.0525. The Morgan fingerprint density at radius 1 is 1.20 bits per heavy atom. The number of hydrogen-bond donors (Lipinski definition) is 2. The molecule has 0 aromatic carbocycles. The highest BCUT2D eigenvalue weighted by Crippen LogP contribution is 2.24. The Bertz CT molecular complexity index is 717. The summed E-state index contributed by atoms with van der Waals surface area (Å²) >= 11 is 3.21. The number of hydrogen-bond acceptors (Lipinski definition) is 5. The maximum atomic E-state index is 12.4. The molecule has 0 spiro atoms. The standard InChI is InChI=1S/C12H13BrN4O2S/c1-8-3-4-11(15-6-8)17-20(18,19)10-5-9(13)7-16-12(10)14-2/h3-7H,1-2H3,(H,14,16)(H,15,17). The Balaban J connectivity index is 2.40. The van der Waals surface area contributed by atoms with E-state index in [1.807, 2.05) is 6.92 Å². The number of halogens is 1. The van der Waals surface area contributed by atoms with Crippen molar-refractivity contribution in [3.05, 3.63) is 40.6 Å². The highest BCUT2D eigenvalue weighted by atomic mass is 79.9. The first-order valence-electron chi connectivity index (χ1n) is 5.71. The number of nitrogens with zero attached hydrogens (tertiary/aromatic N) is 2. The summed E-state index contributed by atoms with van der Waals surface area (Å²) in [5.41, 5.74) is 0.952. The second-order valence-corrected chi connectivity index (χ2v) is 6.64. The van der Waals surface area contributed by atoms with Gasteiger partial charge in [0.1, 0.15) is 16.5 Å². The molecular weight excluding hydrogens is 344 g/mol. The van der Waals surface area contributed by atoms with E-state index in [4.69, 9.17) is 0 Å². The van der Waals surface area contributed by atoms with Gasteiger partial charge in [-0.25, -0.2) is 18.4 Å². The van der Waals surface area contributed by atoms with Crippen molar-refractivity contribution in [2.75, 3.05) is 17.1 Å². The van der Waals surface area contributed by atoms with Crippen LogP contribution < -0.4 is 10.0 Å². The first-order chi connectivity index (χ1) is 9.42. The zero-order chi connectivity index (χ0) is 14.8.